The van der Waals surface area contributed by atoms with Crippen LogP contribution in [0.2, 0.25) is 0 Å². The molecule has 1 aliphatic rings. The van der Waals surface area contributed by atoms with E-state index in [4.69, 9.17) is 0 Å². The number of guanidine groups is 1. The highest BCUT2D eigenvalue weighted by Gasteiger charge is 2.19. The summed E-state index contributed by atoms with van der Waals surface area (Å²) in [6.45, 7) is 6.01. The Morgan fingerprint density at radius 1 is 1.12 bits per heavy atom. The van der Waals surface area contributed by atoms with Crippen LogP contribution in [0.25, 0.3) is 0 Å². The maximum Gasteiger partial charge on any atom is 0.193 e. The van der Waals surface area contributed by atoms with Crippen LogP contribution in [0.1, 0.15) is 12.8 Å². The lowest BCUT2D eigenvalue weighted by Crippen LogP contribution is -2.52. The number of anilines is 2. The molecule has 0 saturated carbocycles. The van der Waals surface area contributed by atoms with Gasteiger partial charge in [-0.25, -0.2) is 4.98 Å². The van der Waals surface area contributed by atoms with Crippen LogP contribution in [0.4, 0.5) is 10.8 Å². The molecule has 0 spiro atoms. The zero-order valence-electron chi connectivity index (χ0n) is 15.4. The van der Waals surface area contributed by atoms with Crippen LogP contribution in [0.5, 0.6) is 0 Å². The maximum absolute atomic E-state index is 4.45. The molecule has 1 aliphatic heterocycles. The van der Waals surface area contributed by atoms with Gasteiger partial charge in [0.25, 0.3) is 0 Å². The van der Waals surface area contributed by atoms with Crippen molar-refractivity contribution in [2.24, 2.45) is 4.99 Å². The summed E-state index contributed by atoms with van der Waals surface area (Å²) in [4.78, 5) is 13.5. The lowest BCUT2D eigenvalue weighted by Gasteiger charge is -2.37. The molecule has 6 nitrogen and oxygen atoms in total. The molecular formula is C19H28N6S. The van der Waals surface area contributed by atoms with Gasteiger partial charge >= 0.3 is 0 Å². The van der Waals surface area contributed by atoms with Crippen molar-refractivity contribution in [1.29, 1.82) is 0 Å². The minimum Gasteiger partial charge on any atom is -0.370 e. The number of aliphatic imine (C=N–C) groups is 1. The number of thiophene rings is 1. The largest absolute Gasteiger partial charge is 0.370 e. The van der Waals surface area contributed by atoms with E-state index in [9.17, 15) is 0 Å². The summed E-state index contributed by atoms with van der Waals surface area (Å²) in [5.74, 6) is 1.97. The van der Waals surface area contributed by atoms with Crippen LogP contribution < -0.4 is 15.5 Å². The minimum atomic E-state index is 0.941. The van der Waals surface area contributed by atoms with E-state index in [-0.39, 0.29) is 0 Å². The lowest BCUT2D eigenvalue weighted by molar-refractivity contribution is 0.373. The minimum absolute atomic E-state index is 0.941. The second kappa shape index (κ2) is 10.0. The third-order valence-corrected chi connectivity index (χ3v) is 5.40. The molecule has 26 heavy (non-hydrogen) atoms. The second-order valence-electron chi connectivity index (χ2n) is 6.25. The van der Waals surface area contributed by atoms with E-state index in [1.165, 1.54) is 5.00 Å². The SMILES string of the molecule is CN=C(NCCCCNc1ccccn1)N1CCN(c2cccs2)CC1. The van der Waals surface area contributed by atoms with Crippen molar-refractivity contribution < 1.29 is 0 Å². The van der Waals surface area contributed by atoms with E-state index in [0.29, 0.717) is 0 Å². The van der Waals surface area contributed by atoms with E-state index in [0.717, 1.165) is 63.9 Å². The number of unbranched alkanes of at least 4 members (excludes halogenated alkanes) is 1. The lowest BCUT2D eigenvalue weighted by atomic mass is 10.3. The van der Waals surface area contributed by atoms with Crippen molar-refractivity contribution in [1.82, 2.24) is 15.2 Å². The van der Waals surface area contributed by atoms with Gasteiger partial charge in [0.15, 0.2) is 5.96 Å². The quantitative estimate of drug-likeness (QED) is 0.445. The van der Waals surface area contributed by atoms with E-state index in [2.05, 4.69) is 47.9 Å². The average Bonchev–Trinajstić information content (AvgIpc) is 3.23. The van der Waals surface area contributed by atoms with Crippen LogP contribution in [0.15, 0.2) is 46.9 Å². The predicted molar refractivity (Wildman–Crippen MR) is 111 cm³/mol. The zero-order valence-corrected chi connectivity index (χ0v) is 16.2. The number of pyridine rings is 1. The Morgan fingerprint density at radius 2 is 1.96 bits per heavy atom. The fourth-order valence-electron chi connectivity index (χ4n) is 3.05. The Morgan fingerprint density at radius 3 is 2.65 bits per heavy atom. The van der Waals surface area contributed by atoms with E-state index >= 15 is 0 Å². The molecule has 0 aliphatic carbocycles. The Bertz CT molecular complexity index is 650. The van der Waals surface area contributed by atoms with E-state index < -0.39 is 0 Å². The summed E-state index contributed by atoms with van der Waals surface area (Å²) in [6.07, 6.45) is 4.02. The van der Waals surface area contributed by atoms with Crippen LogP contribution in [0, 0.1) is 0 Å². The molecule has 0 unspecified atom stereocenters. The van der Waals surface area contributed by atoms with Crippen molar-refractivity contribution in [2.75, 3.05) is 56.5 Å². The molecule has 2 aromatic heterocycles. The van der Waals surface area contributed by atoms with Gasteiger partial charge in [-0.05, 0) is 42.5 Å². The summed E-state index contributed by atoms with van der Waals surface area (Å²) in [6, 6.07) is 10.2. The fourth-order valence-corrected chi connectivity index (χ4v) is 3.84. The number of hydrogen-bond donors (Lipinski definition) is 2. The molecule has 3 rings (SSSR count). The van der Waals surface area contributed by atoms with Crippen molar-refractivity contribution in [2.45, 2.75) is 12.8 Å². The van der Waals surface area contributed by atoms with Gasteiger partial charge in [-0.2, -0.15) is 0 Å². The molecule has 1 fully saturated rings. The van der Waals surface area contributed by atoms with Crippen LogP contribution >= 0.6 is 11.3 Å². The van der Waals surface area contributed by atoms with Crippen molar-refractivity contribution >= 4 is 28.1 Å². The molecule has 0 radical (unpaired) electrons. The molecule has 3 heterocycles. The number of hydrogen-bond acceptors (Lipinski definition) is 5. The first-order chi connectivity index (χ1) is 12.9. The maximum atomic E-state index is 4.45. The third kappa shape index (κ3) is 5.36. The Kier molecular flexibility index (Phi) is 7.13. The molecule has 7 heteroatoms. The second-order valence-corrected chi connectivity index (χ2v) is 7.17. The molecule has 0 bridgehead atoms. The number of nitrogens with one attached hydrogen (secondary N) is 2. The Labute approximate surface area is 160 Å². The van der Waals surface area contributed by atoms with Gasteiger partial charge < -0.3 is 20.4 Å². The standard InChI is InChI=1S/C19H28N6S/c1-20-19(23-11-5-4-10-22-17-7-2-3-9-21-17)25-14-12-24(13-15-25)18-8-6-16-26-18/h2-3,6-9,16H,4-5,10-15H2,1H3,(H,20,23)(H,21,22). The molecule has 2 N–H and O–H groups in total. The normalized spacial score (nSPS) is 15.2. The molecular weight excluding hydrogens is 344 g/mol. The van der Waals surface area contributed by atoms with Gasteiger partial charge in [-0.1, -0.05) is 6.07 Å². The summed E-state index contributed by atoms with van der Waals surface area (Å²) in [7, 11) is 1.87. The fraction of sp³-hybridized carbons (Fsp3) is 0.474. The summed E-state index contributed by atoms with van der Waals surface area (Å²) < 4.78 is 0. The average molecular weight is 373 g/mol. The number of nitrogens with zero attached hydrogens (tertiary/aromatic N) is 4. The molecule has 0 aromatic carbocycles. The molecule has 0 amide bonds. The van der Waals surface area contributed by atoms with Gasteiger partial charge in [0.1, 0.15) is 5.82 Å². The van der Waals surface area contributed by atoms with E-state index in [1.54, 1.807) is 0 Å². The molecule has 140 valence electrons. The summed E-state index contributed by atoms with van der Waals surface area (Å²) in [5, 5.41) is 10.4. The zero-order chi connectivity index (χ0) is 18.0. The first-order valence-corrected chi connectivity index (χ1v) is 10.1. The van der Waals surface area contributed by atoms with Crippen molar-refractivity contribution in [3.63, 3.8) is 0 Å². The molecule has 0 atom stereocenters. The van der Waals surface area contributed by atoms with Crippen LogP contribution in [-0.4, -0.2) is 62.2 Å². The van der Waals surface area contributed by atoms with Crippen LogP contribution in [-0.2, 0) is 0 Å². The van der Waals surface area contributed by atoms with Gasteiger partial charge in [0.05, 0.1) is 5.00 Å². The Hall–Kier alpha value is -2.28. The predicted octanol–water partition coefficient (Wildman–Crippen LogP) is 2.73. The summed E-state index contributed by atoms with van der Waals surface area (Å²) in [5.41, 5.74) is 0. The number of piperazine rings is 1. The van der Waals surface area contributed by atoms with Crippen molar-refractivity contribution in [3.05, 3.63) is 41.9 Å². The van der Waals surface area contributed by atoms with Gasteiger partial charge in [0.2, 0.25) is 0 Å². The molecule has 1 saturated heterocycles. The number of aromatic nitrogens is 1. The highest BCUT2D eigenvalue weighted by atomic mass is 32.1. The first-order valence-electron chi connectivity index (χ1n) is 9.26. The Balaban J connectivity index is 1.31. The smallest absolute Gasteiger partial charge is 0.193 e. The highest BCUT2D eigenvalue weighted by Crippen LogP contribution is 2.22. The van der Waals surface area contributed by atoms with Gasteiger partial charge in [0, 0.05) is 52.5 Å². The molecule has 2 aromatic rings. The van der Waals surface area contributed by atoms with Crippen molar-refractivity contribution in [3.8, 4) is 0 Å². The third-order valence-electron chi connectivity index (χ3n) is 4.47. The highest BCUT2D eigenvalue weighted by molar-refractivity contribution is 7.14. The monoisotopic (exact) mass is 372 g/mol. The van der Waals surface area contributed by atoms with Gasteiger partial charge in [-0.15, -0.1) is 11.3 Å². The number of rotatable bonds is 7. The topological polar surface area (TPSA) is 55.8 Å². The summed E-state index contributed by atoms with van der Waals surface area (Å²) >= 11 is 1.82. The van der Waals surface area contributed by atoms with Crippen LogP contribution in [0.3, 0.4) is 0 Å². The van der Waals surface area contributed by atoms with Gasteiger partial charge in [-0.3, -0.25) is 4.99 Å². The first kappa shape index (κ1) is 18.5. The van der Waals surface area contributed by atoms with E-state index in [1.807, 2.05) is 42.8 Å².